The van der Waals surface area contributed by atoms with Crippen molar-refractivity contribution in [3.8, 4) is 0 Å². The second-order valence-electron chi connectivity index (χ2n) is 6.83. The third-order valence-electron chi connectivity index (χ3n) is 4.02. The Morgan fingerprint density at radius 1 is 1.18 bits per heavy atom. The lowest BCUT2D eigenvalue weighted by molar-refractivity contribution is 0.237. The summed E-state index contributed by atoms with van der Waals surface area (Å²) in [5.41, 5.74) is 0.866. The fourth-order valence-corrected chi connectivity index (χ4v) is 3.56. The van der Waals surface area contributed by atoms with E-state index < -0.39 is 14.6 Å². The zero-order valence-electron chi connectivity index (χ0n) is 13.8. The normalized spacial score (nSPS) is 17.4. The van der Waals surface area contributed by atoms with Crippen molar-refractivity contribution in [1.82, 2.24) is 9.88 Å². The molecule has 2 heterocycles. The van der Waals surface area contributed by atoms with Crippen molar-refractivity contribution in [2.45, 2.75) is 49.8 Å². The van der Waals surface area contributed by atoms with E-state index >= 15 is 0 Å². The quantitative estimate of drug-likeness (QED) is 0.901. The number of pyridine rings is 1. The molecule has 0 spiro atoms. The molecule has 5 nitrogen and oxygen atoms in total. The Labute approximate surface area is 134 Å². The molecule has 1 aliphatic heterocycles. The Hall–Kier alpha value is -1.14. The standard InChI is InChI=1S/C16H27N3O2S/c1-16(2,3)22(20,21)15-8-7-14(13-18-15)17-9-12-19-10-5-4-6-11-19/h7-8,13,17H,4-6,9-12H2,1-3H3. The Morgan fingerprint density at radius 3 is 2.41 bits per heavy atom. The van der Waals surface area contributed by atoms with Gasteiger partial charge in [0.15, 0.2) is 14.9 Å². The minimum Gasteiger partial charge on any atom is -0.383 e. The van der Waals surface area contributed by atoms with Crippen molar-refractivity contribution in [3.05, 3.63) is 18.3 Å². The van der Waals surface area contributed by atoms with Gasteiger partial charge in [-0.25, -0.2) is 13.4 Å². The predicted molar refractivity (Wildman–Crippen MR) is 90.0 cm³/mol. The van der Waals surface area contributed by atoms with Crippen LogP contribution in [0, 0.1) is 0 Å². The summed E-state index contributed by atoms with van der Waals surface area (Å²) >= 11 is 0. The van der Waals surface area contributed by atoms with Gasteiger partial charge in [-0.1, -0.05) is 6.42 Å². The lowest BCUT2D eigenvalue weighted by Gasteiger charge is -2.26. The lowest BCUT2D eigenvalue weighted by Crippen LogP contribution is -2.33. The molecule has 1 aromatic heterocycles. The average Bonchev–Trinajstić information content (AvgIpc) is 2.48. The number of hydrogen-bond acceptors (Lipinski definition) is 5. The molecule has 124 valence electrons. The Balaban J connectivity index is 1.89. The van der Waals surface area contributed by atoms with Crippen LogP contribution < -0.4 is 5.32 Å². The molecule has 0 atom stereocenters. The van der Waals surface area contributed by atoms with Gasteiger partial charge in [0.25, 0.3) is 0 Å². The number of nitrogens with zero attached hydrogens (tertiary/aromatic N) is 2. The van der Waals surface area contributed by atoms with E-state index in [1.807, 2.05) is 0 Å². The average molecular weight is 325 g/mol. The van der Waals surface area contributed by atoms with Crippen LogP contribution in [0.4, 0.5) is 5.69 Å². The summed E-state index contributed by atoms with van der Waals surface area (Å²) in [6.07, 6.45) is 5.54. The fourth-order valence-electron chi connectivity index (χ4n) is 2.50. The molecule has 1 fully saturated rings. The van der Waals surface area contributed by atoms with Gasteiger partial charge < -0.3 is 10.2 Å². The molecule has 1 saturated heterocycles. The van der Waals surface area contributed by atoms with Gasteiger partial charge in [0.1, 0.15) is 0 Å². The van der Waals surface area contributed by atoms with Crippen molar-refractivity contribution in [1.29, 1.82) is 0 Å². The van der Waals surface area contributed by atoms with E-state index in [4.69, 9.17) is 0 Å². The maximum Gasteiger partial charge on any atom is 0.200 e. The fraction of sp³-hybridized carbons (Fsp3) is 0.688. The Kier molecular flexibility index (Phi) is 5.45. The largest absolute Gasteiger partial charge is 0.383 e. The molecule has 6 heteroatoms. The summed E-state index contributed by atoms with van der Waals surface area (Å²) in [5.74, 6) is 0. The van der Waals surface area contributed by atoms with Crippen molar-refractivity contribution >= 4 is 15.5 Å². The molecule has 1 aliphatic rings. The number of hydrogen-bond donors (Lipinski definition) is 1. The van der Waals surface area contributed by atoms with Gasteiger partial charge in [-0.05, 0) is 58.8 Å². The first-order valence-corrected chi connectivity index (χ1v) is 9.46. The van der Waals surface area contributed by atoms with Gasteiger partial charge in [-0.15, -0.1) is 0 Å². The third kappa shape index (κ3) is 4.20. The molecule has 0 unspecified atom stereocenters. The van der Waals surface area contributed by atoms with E-state index in [0.29, 0.717) is 0 Å². The van der Waals surface area contributed by atoms with Crippen molar-refractivity contribution in [2.75, 3.05) is 31.5 Å². The van der Waals surface area contributed by atoms with Crippen LogP contribution in [0.25, 0.3) is 0 Å². The number of piperidine rings is 1. The number of rotatable bonds is 5. The maximum atomic E-state index is 12.3. The summed E-state index contributed by atoms with van der Waals surface area (Å²) in [6.45, 7) is 9.30. The molecule has 0 bridgehead atoms. The van der Waals surface area contributed by atoms with Crippen LogP contribution in [0.15, 0.2) is 23.4 Å². The number of nitrogens with one attached hydrogen (secondary N) is 1. The molecule has 0 aromatic carbocycles. The SMILES string of the molecule is CC(C)(C)S(=O)(=O)c1ccc(NCCN2CCCCC2)cn1. The van der Waals surface area contributed by atoms with Crippen LogP contribution in [-0.4, -0.2) is 49.2 Å². The summed E-state index contributed by atoms with van der Waals surface area (Å²) in [7, 11) is -3.38. The predicted octanol–water partition coefficient (Wildman–Crippen LogP) is 2.55. The molecule has 1 aromatic rings. The monoisotopic (exact) mass is 325 g/mol. The molecule has 1 N–H and O–H groups in total. The number of likely N-dealkylation sites (tertiary alicyclic amines) is 1. The molecule has 22 heavy (non-hydrogen) atoms. The van der Waals surface area contributed by atoms with E-state index in [0.717, 1.165) is 18.8 Å². The minimum absolute atomic E-state index is 0.140. The first-order chi connectivity index (χ1) is 10.3. The molecule has 0 saturated carbocycles. The Morgan fingerprint density at radius 2 is 1.86 bits per heavy atom. The molecule has 0 radical (unpaired) electrons. The van der Waals surface area contributed by atoms with Gasteiger partial charge in [0.05, 0.1) is 16.6 Å². The van der Waals surface area contributed by atoms with Crippen LogP contribution in [-0.2, 0) is 9.84 Å². The van der Waals surface area contributed by atoms with Crippen LogP contribution in [0.1, 0.15) is 40.0 Å². The maximum absolute atomic E-state index is 12.3. The summed E-state index contributed by atoms with van der Waals surface area (Å²) in [4.78, 5) is 6.58. The van der Waals surface area contributed by atoms with E-state index in [1.54, 1.807) is 39.1 Å². The Bertz CT molecular complexity index is 570. The molecule has 2 rings (SSSR count). The second-order valence-corrected chi connectivity index (χ2v) is 9.48. The van der Waals surface area contributed by atoms with Crippen LogP contribution in [0.3, 0.4) is 0 Å². The van der Waals surface area contributed by atoms with Gasteiger partial charge in [0.2, 0.25) is 0 Å². The highest BCUT2D eigenvalue weighted by Crippen LogP contribution is 2.23. The first kappa shape index (κ1) is 17.2. The highest BCUT2D eigenvalue weighted by atomic mass is 32.2. The topological polar surface area (TPSA) is 62.3 Å². The number of sulfone groups is 1. The lowest BCUT2D eigenvalue weighted by atomic mass is 10.1. The summed E-state index contributed by atoms with van der Waals surface area (Å²) < 4.78 is 23.8. The van der Waals surface area contributed by atoms with Gasteiger partial charge in [-0.3, -0.25) is 0 Å². The zero-order chi connectivity index (χ0) is 16.2. The second kappa shape index (κ2) is 6.96. The van der Waals surface area contributed by atoms with E-state index in [-0.39, 0.29) is 5.03 Å². The number of aromatic nitrogens is 1. The van der Waals surface area contributed by atoms with Crippen LogP contribution in [0.5, 0.6) is 0 Å². The van der Waals surface area contributed by atoms with Gasteiger partial charge in [-0.2, -0.15) is 0 Å². The van der Waals surface area contributed by atoms with E-state index in [9.17, 15) is 8.42 Å². The van der Waals surface area contributed by atoms with Crippen molar-refractivity contribution in [3.63, 3.8) is 0 Å². The van der Waals surface area contributed by atoms with Gasteiger partial charge in [0, 0.05) is 13.1 Å². The van der Waals surface area contributed by atoms with Crippen molar-refractivity contribution in [2.24, 2.45) is 0 Å². The van der Waals surface area contributed by atoms with Crippen LogP contribution in [0.2, 0.25) is 0 Å². The smallest absolute Gasteiger partial charge is 0.200 e. The third-order valence-corrected chi connectivity index (χ3v) is 6.43. The minimum atomic E-state index is -3.38. The van der Waals surface area contributed by atoms with Crippen LogP contribution >= 0.6 is 0 Å². The van der Waals surface area contributed by atoms with Gasteiger partial charge >= 0.3 is 0 Å². The summed E-state index contributed by atoms with van der Waals surface area (Å²) in [5, 5.41) is 3.45. The molecule has 0 aliphatic carbocycles. The molecular weight excluding hydrogens is 298 g/mol. The zero-order valence-corrected chi connectivity index (χ0v) is 14.6. The highest BCUT2D eigenvalue weighted by Gasteiger charge is 2.31. The van der Waals surface area contributed by atoms with E-state index in [2.05, 4.69) is 15.2 Å². The molecular formula is C16H27N3O2S. The van der Waals surface area contributed by atoms with E-state index in [1.165, 1.54) is 32.4 Å². The highest BCUT2D eigenvalue weighted by molar-refractivity contribution is 7.92. The summed E-state index contributed by atoms with van der Waals surface area (Å²) in [6, 6.07) is 3.38. The number of anilines is 1. The molecule has 0 amide bonds. The van der Waals surface area contributed by atoms with Crippen molar-refractivity contribution < 1.29 is 8.42 Å². The first-order valence-electron chi connectivity index (χ1n) is 7.97.